The number of fused-ring (bicyclic) bond motifs is 1. The summed E-state index contributed by atoms with van der Waals surface area (Å²) in [6.45, 7) is 2.31. The smallest absolute Gasteiger partial charge is 0.407 e. The van der Waals surface area contributed by atoms with E-state index in [4.69, 9.17) is 9.84 Å². The number of ether oxygens (including phenoxy) is 1. The molecule has 6 nitrogen and oxygen atoms in total. The third-order valence-corrected chi connectivity index (χ3v) is 3.92. The van der Waals surface area contributed by atoms with E-state index in [1.54, 1.807) is 13.0 Å². The maximum absolute atomic E-state index is 14.1. The molecule has 1 unspecified atom stereocenters. The molecule has 2 amide bonds. The van der Waals surface area contributed by atoms with Gasteiger partial charge in [-0.2, -0.15) is 0 Å². The van der Waals surface area contributed by atoms with Crippen molar-refractivity contribution in [1.29, 1.82) is 0 Å². The number of amides is 2. The molecule has 2 heterocycles. The Kier molecular flexibility index (Phi) is 3.19. The number of likely N-dealkylation sites (tertiary alicyclic amines) is 1. The van der Waals surface area contributed by atoms with Gasteiger partial charge in [0.25, 0.3) is 5.91 Å². The van der Waals surface area contributed by atoms with E-state index >= 15 is 0 Å². The molecule has 0 aromatic heterocycles. The van der Waals surface area contributed by atoms with Gasteiger partial charge >= 0.3 is 6.09 Å². The molecule has 0 saturated carbocycles. The molecule has 112 valence electrons. The van der Waals surface area contributed by atoms with Crippen molar-refractivity contribution in [2.24, 2.45) is 0 Å². The quantitative estimate of drug-likeness (QED) is 0.830. The van der Waals surface area contributed by atoms with Crippen molar-refractivity contribution in [1.82, 2.24) is 4.90 Å². The van der Waals surface area contributed by atoms with Crippen LogP contribution in [0.4, 0.5) is 14.9 Å². The van der Waals surface area contributed by atoms with Crippen LogP contribution in [0.3, 0.4) is 0 Å². The third-order valence-electron chi connectivity index (χ3n) is 3.92. The normalized spacial score (nSPS) is 24.3. The minimum absolute atomic E-state index is 0.0407. The third kappa shape index (κ3) is 2.39. The maximum atomic E-state index is 14.1. The van der Waals surface area contributed by atoms with Crippen molar-refractivity contribution in [3.63, 3.8) is 0 Å². The highest BCUT2D eigenvalue weighted by Crippen LogP contribution is 2.37. The average Bonchev–Trinajstić information content (AvgIpc) is 2.91. The molecule has 2 aliphatic heterocycles. The number of carbonyl (C=O) groups is 2. The van der Waals surface area contributed by atoms with Crippen LogP contribution in [0.2, 0.25) is 0 Å². The number of anilines is 1. The van der Waals surface area contributed by atoms with Crippen molar-refractivity contribution < 1.29 is 23.8 Å². The first-order valence-corrected chi connectivity index (χ1v) is 6.74. The first-order valence-electron chi connectivity index (χ1n) is 6.74. The molecule has 0 spiro atoms. The fourth-order valence-electron chi connectivity index (χ4n) is 2.73. The van der Waals surface area contributed by atoms with Gasteiger partial charge in [-0.25, -0.2) is 9.18 Å². The largest absolute Gasteiger partial charge is 0.476 e. The summed E-state index contributed by atoms with van der Waals surface area (Å²) in [7, 11) is 0. The van der Waals surface area contributed by atoms with Gasteiger partial charge in [-0.15, -0.1) is 0 Å². The summed E-state index contributed by atoms with van der Waals surface area (Å²) in [5.74, 6) is -0.892. The summed E-state index contributed by atoms with van der Waals surface area (Å²) in [6, 6.07) is 3.03. The Hall–Kier alpha value is -2.31. The molecule has 0 aliphatic carbocycles. The number of halogens is 1. The minimum atomic E-state index is -0.971. The predicted molar refractivity (Wildman–Crippen MR) is 72.1 cm³/mol. The van der Waals surface area contributed by atoms with Crippen LogP contribution < -0.4 is 10.1 Å². The molecule has 7 heteroatoms. The van der Waals surface area contributed by atoms with Gasteiger partial charge in [-0.05, 0) is 31.0 Å². The summed E-state index contributed by atoms with van der Waals surface area (Å²) in [4.78, 5) is 23.8. The molecule has 1 aromatic carbocycles. The SMILES string of the molecule is C[C@H]1Oc2c(F)cc(C3CCN(C(=O)O)C3)cc2NC1=O. The van der Waals surface area contributed by atoms with Gasteiger partial charge in [0, 0.05) is 19.0 Å². The van der Waals surface area contributed by atoms with Crippen LogP contribution in [-0.2, 0) is 4.79 Å². The second-order valence-electron chi connectivity index (χ2n) is 5.34. The van der Waals surface area contributed by atoms with Crippen molar-refractivity contribution in [2.45, 2.75) is 25.4 Å². The van der Waals surface area contributed by atoms with E-state index < -0.39 is 18.0 Å². The zero-order valence-electron chi connectivity index (χ0n) is 11.4. The number of hydrogen-bond acceptors (Lipinski definition) is 3. The van der Waals surface area contributed by atoms with E-state index in [9.17, 15) is 14.0 Å². The summed E-state index contributed by atoms with van der Waals surface area (Å²) < 4.78 is 19.4. The van der Waals surface area contributed by atoms with Crippen molar-refractivity contribution in [3.05, 3.63) is 23.5 Å². The van der Waals surface area contributed by atoms with Crippen molar-refractivity contribution in [2.75, 3.05) is 18.4 Å². The Balaban J connectivity index is 1.89. The van der Waals surface area contributed by atoms with Gasteiger partial charge in [0.15, 0.2) is 17.7 Å². The molecule has 0 bridgehead atoms. The van der Waals surface area contributed by atoms with Crippen LogP contribution in [0, 0.1) is 5.82 Å². The summed E-state index contributed by atoms with van der Waals surface area (Å²) in [5, 5.41) is 11.6. The lowest BCUT2D eigenvalue weighted by molar-refractivity contribution is -0.122. The lowest BCUT2D eigenvalue weighted by atomic mass is 9.97. The molecule has 3 rings (SSSR count). The van der Waals surface area contributed by atoms with E-state index in [2.05, 4.69) is 5.32 Å². The minimum Gasteiger partial charge on any atom is -0.476 e. The Bertz CT molecular complexity index is 619. The lowest BCUT2D eigenvalue weighted by Gasteiger charge is -2.25. The summed E-state index contributed by atoms with van der Waals surface area (Å²) in [5.41, 5.74) is 0.982. The van der Waals surface area contributed by atoms with Gasteiger partial charge in [0.2, 0.25) is 0 Å². The first-order chi connectivity index (χ1) is 9.95. The Morgan fingerprint density at radius 2 is 2.29 bits per heavy atom. The molecule has 2 aliphatic rings. The zero-order valence-corrected chi connectivity index (χ0v) is 11.4. The van der Waals surface area contributed by atoms with Crippen LogP contribution in [0.25, 0.3) is 0 Å². The molecule has 21 heavy (non-hydrogen) atoms. The maximum Gasteiger partial charge on any atom is 0.407 e. The molecule has 2 atom stereocenters. The molecular weight excluding hydrogens is 279 g/mol. The van der Waals surface area contributed by atoms with Gasteiger partial charge in [-0.1, -0.05) is 0 Å². The molecule has 1 saturated heterocycles. The van der Waals surface area contributed by atoms with Crippen molar-refractivity contribution >= 4 is 17.7 Å². The second kappa shape index (κ2) is 4.91. The van der Waals surface area contributed by atoms with E-state index in [0.717, 1.165) is 0 Å². The molecule has 2 N–H and O–H groups in total. The summed E-state index contributed by atoms with van der Waals surface area (Å²) >= 11 is 0. The van der Waals surface area contributed by atoms with Crippen LogP contribution in [-0.4, -0.2) is 41.2 Å². The number of benzene rings is 1. The summed E-state index contributed by atoms with van der Waals surface area (Å²) in [6.07, 6.45) is -1.07. The Morgan fingerprint density at radius 1 is 1.52 bits per heavy atom. The van der Waals surface area contributed by atoms with Crippen LogP contribution in [0.5, 0.6) is 5.75 Å². The van der Waals surface area contributed by atoms with E-state index in [-0.39, 0.29) is 17.6 Å². The number of carbonyl (C=O) groups excluding carboxylic acids is 1. The number of nitrogens with one attached hydrogen (secondary N) is 1. The van der Waals surface area contributed by atoms with Crippen LogP contribution in [0.15, 0.2) is 12.1 Å². The second-order valence-corrected chi connectivity index (χ2v) is 5.34. The number of nitrogens with zero attached hydrogens (tertiary/aromatic N) is 1. The van der Waals surface area contributed by atoms with Crippen LogP contribution >= 0.6 is 0 Å². The van der Waals surface area contributed by atoms with Crippen molar-refractivity contribution in [3.8, 4) is 5.75 Å². The molecule has 1 fully saturated rings. The monoisotopic (exact) mass is 294 g/mol. The van der Waals surface area contributed by atoms with Gasteiger partial charge in [-0.3, -0.25) is 4.79 Å². The van der Waals surface area contributed by atoms with E-state index in [1.165, 1.54) is 11.0 Å². The fourth-order valence-corrected chi connectivity index (χ4v) is 2.73. The number of rotatable bonds is 1. The van der Waals surface area contributed by atoms with E-state index in [1.807, 2.05) is 0 Å². The first kappa shape index (κ1) is 13.7. The number of carboxylic acid groups (broad SMARTS) is 1. The highest BCUT2D eigenvalue weighted by molar-refractivity contribution is 5.97. The van der Waals surface area contributed by atoms with Gasteiger partial charge in [0.05, 0.1) is 5.69 Å². The van der Waals surface area contributed by atoms with Crippen LogP contribution in [0.1, 0.15) is 24.8 Å². The Morgan fingerprint density at radius 3 is 2.95 bits per heavy atom. The highest BCUT2D eigenvalue weighted by atomic mass is 19.1. The molecular formula is C14H15FN2O4. The van der Waals surface area contributed by atoms with Gasteiger partial charge in [0.1, 0.15) is 0 Å². The Labute approximate surface area is 120 Å². The fraction of sp³-hybridized carbons (Fsp3) is 0.429. The zero-order chi connectivity index (χ0) is 15.1. The highest BCUT2D eigenvalue weighted by Gasteiger charge is 2.31. The lowest BCUT2D eigenvalue weighted by Crippen LogP contribution is -2.35. The van der Waals surface area contributed by atoms with E-state index in [0.29, 0.717) is 30.8 Å². The number of hydrogen-bond donors (Lipinski definition) is 2. The van der Waals surface area contributed by atoms with Gasteiger partial charge < -0.3 is 20.1 Å². The molecule has 1 aromatic rings. The average molecular weight is 294 g/mol. The molecule has 0 radical (unpaired) electrons. The predicted octanol–water partition coefficient (Wildman–Crippen LogP) is 2.01. The standard InChI is InChI=1S/C14H15FN2O4/c1-7-13(18)16-11-5-9(4-10(15)12(11)21-7)8-2-3-17(6-8)14(19)20/h4-5,7-8H,2-3,6H2,1H3,(H,16,18)(H,19,20)/t7-,8?/m1/s1. The topological polar surface area (TPSA) is 78.9 Å².